The molecule has 0 saturated carbocycles. The molecule has 1 aromatic heterocycles. The number of hydrogen-bond donors (Lipinski definition) is 2. The van der Waals surface area contributed by atoms with Crippen LogP contribution in [0.25, 0.3) is 0 Å². The topological polar surface area (TPSA) is 96.0 Å². The van der Waals surface area contributed by atoms with E-state index in [-0.39, 0.29) is 30.0 Å². The molecule has 3 atom stereocenters. The average molecular weight is 498 g/mol. The Morgan fingerprint density at radius 3 is 2.75 bits per heavy atom. The van der Waals surface area contributed by atoms with Crippen molar-refractivity contribution in [3.05, 3.63) is 53.9 Å². The number of anilines is 1. The lowest BCUT2D eigenvalue weighted by Gasteiger charge is -2.36. The zero-order valence-electron chi connectivity index (χ0n) is 22.0. The highest BCUT2D eigenvalue weighted by atomic mass is 16.5. The van der Waals surface area contributed by atoms with Crippen molar-refractivity contribution in [2.45, 2.75) is 45.9 Å². The Morgan fingerprint density at radius 2 is 2.06 bits per heavy atom. The fourth-order valence-electron chi connectivity index (χ4n) is 4.29. The Bertz CT molecular complexity index is 1000. The number of nitrogens with one attached hydrogen (secondary N) is 2. The number of ether oxygens (including phenoxy) is 2. The fraction of sp³-hybridized carbons (Fsp3) is 0.519. The molecule has 3 amide bonds. The number of nitrogens with zero attached hydrogens (tertiary/aromatic N) is 3. The number of pyridine rings is 1. The second kappa shape index (κ2) is 13.2. The number of aromatic nitrogens is 1. The largest absolute Gasteiger partial charge is 0.491 e. The molecule has 9 heteroatoms. The van der Waals surface area contributed by atoms with E-state index >= 15 is 0 Å². The van der Waals surface area contributed by atoms with Gasteiger partial charge in [-0.2, -0.15) is 0 Å². The van der Waals surface area contributed by atoms with Gasteiger partial charge in [0.05, 0.1) is 11.7 Å². The molecule has 0 fully saturated rings. The van der Waals surface area contributed by atoms with E-state index in [0.717, 1.165) is 25.1 Å². The molecule has 2 N–H and O–H groups in total. The molecule has 1 aliphatic rings. The molecule has 0 spiro atoms. The SMILES string of the molecule is CCCNC(=O)Nc1ccc2c(c1)C(=O)N(C)C[C@@H](OC)[C@@H](C)CN(Cc1cccnc1)[C@H](C)CO2. The van der Waals surface area contributed by atoms with E-state index in [2.05, 4.69) is 40.4 Å². The zero-order chi connectivity index (χ0) is 26.1. The molecule has 3 rings (SSSR count). The van der Waals surface area contributed by atoms with Crippen molar-refractivity contribution in [3.63, 3.8) is 0 Å². The van der Waals surface area contributed by atoms with Crippen molar-refractivity contribution < 1.29 is 19.1 Å². The first kappa shape index (κ1) is 27.4. The van der Waals surface area contributed by atoms with Gasteiger partial charge in [0, 0.05) is 64.5 Å². The van der Waals surface area contributed by atoms with E-state index in [1.165, 1.54) is 0 Å². The van der Waals surface area contributed by atoms with Crippen LogP contribution in [0, 0.1) is 5.92 Å². The summed E-state index contributed by atoms with van der Waals surface area (Å²) >= 11 is 0. The van der Waals surface area contributed by atoms with Gasteiger partial charge in [-0.1, -0.05) is 19.9 Å². The van der Waals surface area contributed by atoms with Crippen LogP contribution in [0.15, 0.2) is 42.7 Å². The second-order valence-corrected chi connectivity index (χ2v) is 9.48. The standard InChI is InChI=1S/C27H39N5O4/c1-6-11-29-27(34)30-22-9-10-24-23(13-22)26(33)31(4)17-25(35-5)19(2)15-32(20(3)18-36-24)16-21-8-7-12-28-14-21/h7-10,12-14,19-20,25H,6,11,15-18H2,1-5H3,(H2,29,30,34)/t19-,20+,25+/m0/s1. The highest BCUT2D eigenvalue weighted by molar-refractivity contribution is 5.99. The summed E-state index contributed by atoms with van der Waals surface area (Å²) in [6.07, 6.45) is 4.35. The first-order valence-electron chi connectivity index (χ1n) is 12.5. The number of amides is 3. The number of fused-ring (bicyclic) bond motifs is 1. The Hall–Kier alpha value is -3.17. The minimum Gasteiger partial charge on any atom is -0.491 e. The summed E-state index contributed by atoms with van der Waals surface area (Å²) in [6.45, 7) is 9.18. The van der Waals surface area contributed by atoms with E-state index < -0.39 is 0 Å². The molecule has 36 heavy (non-hydrogen) atoms. The summed E-state index contributed by atoms with van der Waals surface area (Å²) in [7, 11) is 3.45. The van der Waals surface area contributed by atoms with Gasteiger partial charge in [0.1, 0.15) is 12.4 Å². The quantitative estimate of drug-likeness (QED) is 0.633. The highest BCUT2D eigenvalue weighted by Crippen LogP contribution is 2.26. The fourth-order valence-corrected chi connectivity index (χ4v) is 4.29. The number of carbonyl (C=O) groups is 2. The van der Waals surface area contributed by atoms with Crippen molar-refractivity contribution >= 4 is 17.6 Å². The predicted molar refractivity (Wildman–Crippen MR) is 140 cm³/mol. The minimum atomic E-state index is -0.306. The third-order valence-electron chi connectivity index (χ3n) is 6.48. The maximum atomic E-state index is 13.5. The van der Waals surface area contributed by atoms with E-state index in [0.29, 0.717) is 36.7 Å². The number of carbonyl (C=O) groups excluding carboxylic acids is 2. The first-order valence-corrected chi connectivity index (χ1v) is 12.5. The third kappa shape index (κ3) is 7.41. The number of likely N-dealkylation sites (N-methyl/N-ethyl adjacent to an activating group) is 1. The minimum absolute atomic E-state index is 0.0721. The smallest absolute Gasteiger partial charge is 0.319 e. The zero-order valence-corrected chi connectivity index (χ0v) is 22.0. The molecule has 0 unspecified atom stereocenters. The maximum absolute atomic E-state index is 13.5. The molecule has 2 heterocycles. The summed E-state index contributed by atoms with van der Waals surface area (Å²) in [4.78, 5) is 33.9. The van der Waals surface area contributed by atoms with Gasteiger partial charge in [-0.05, 0) is 49.1 Å². The summed E-state index contributed by atoms with van der Waals surface area (Å²) in [5.41, 5.74) is 2.06. The van der Waals surface area contributed by atoms with Crippen LogP contribution in [0.5, 0.6) is 5.75 Å². The van der Waals surface area contributed by atoms with Crippen LogP contribution < -0.4 is 15.4 Å². The summed E-state index contributed by atoms with van der Waals surface area (Å²) in [6, 6.07) is 8.96. The van der Waals surface area contributed by atoms with E-state index in [9.17, 15) is 9.59 Å². The summed E-state index contributed by atoms with van der Waals surface area (Å²) < 4.78 is 12.0. The Balaban J connectivity index is 1.89. The van der Waals surface area contributed by atoms with Crippen molar-refractivity contribution in [1.29, 1.82) is 0 Å². The molecule has 9 nitrogen and oxygen atoms in total. The summed E-state index contributed by atoms with van der Waals surface area (Å²) in [5.74, 6) is 0.470. The lowest BCUT2D eigenvalue weighted by molar-refractivity contribution is 0.00920. The Kier molecular flexibility index (Phi) is 10.1. The molecular formula is C27H39N5O4. The van der Waals surface area contributed by atoms with Gasteiger partial charge >= 0.3 is 6.03 Å². The predicted octanol–water partition coefficient (Wildman–Crippen LogP) is 3.62. The van der Waals surface area contributed by atoms with Gasteiger partial charge in [-0.15, -0.1) is 0 Å². The van der Waals surface area contributed by atoms with E-state index in [1.54, 1.807) is 43.5 Å². The lowest BCUT2D eigenvalue weighted by Crippen LogP contribution is -2.46. The number of methoxy groups -OCH3 is 1. The number of urea groups is 1. The maximum Gasteiger partial charge on any atom is 0.319 e. The van der Waals surface area contributed by atoms with E-state index in [4.69, 9.17) is 9.47 Å². The molecule has 0 aliphatic carbocycles. The molecule has 1 aliphatic heterocycles. The second-order valence-electron chi connectivity index (χ2n) is 9.48. The lowest BCUT2D eigenvalue weighted by atomic mass is 10.0. The van der Waals surface area contributed by atoms with Gasteiger partial charge < -0.3 is 25.0 Å². The van der Waals surface area contributed by atoms with E-state index in [1.807, 2.05) is 19.2 Å². The van der Waals surface area contributed by atoms with Crippen molar-refractivity contribution in [1.82, 2.24) is 20.1 Å². The van der Waals surface area contributed by atoms with Gasteiger partial charge in [0.25, 0.3) is 5.91 Å². The molecule has 2 aromatic rings. The van der Waals surface area contributed by atoms with Crippen molar-refractivity contribution in [2.75, 3.05) is 45.7 Å². The summed E-state index contributed by atoms with van der Waals surface area (Å²) in [5, 5.41) is 5.59. The third-order valence-corrected chi connectivity index (χ3v) is 6.48. The van der Waals surface area contributed by atoms with Crippen LogP contribution in [0.3, 0.4) is 0 Å². The molecule has 0 radical (unpaired) electrons. The molecule has 196 valence electrons. The first-order chi connectivity index (χ1) is 17.3. The highest BCUT2D eigenvalue weighted by Gasteiger charge is 2.28. The van der Waals surface area contributed by atoms with Crippen LogP contribution in [0.1, 0.15) is 43.1 Å². The van der Waals surface area contributed by atoms with Crippen LogP contribution >= 0.6 is 0 Å². The van der Waals surface area contributed by atoms with Crippen LogP contribution in [0.2, 0.25) is 0 Å². The normalized spacial score (nSPS) is 21.5. The van der Waals surface area contributed by atoms with Crippen molar-refractivity contribution in [3.8, 4) is 5.75 Å². The molecule has 0 saturated heterocycles. The van der Waals surface area contributed by atoms with Crippen molar-refractivity contribution in [2.24, 2.45) is 5.92 Å². The Labute approximate surface area is 214 Å². The monoisotopic (exact) mass is 497 g/mol. The molecule has 1 aromatic carbocycles. The number of rotatable bonds is 6. The average Bonchev–Trinajstić information content (AvgIpc) is 2.88. The number of hydrogen-bond acceptors (Lipinski definition) is 6. The molecular weight excluding hydrogens is 458 g/mol. The van der Waals surface area contributed by atoms with Gasteiger partial charge in [0.2, 0.25) is 0 Å². The van der Waals surface area contributed by atoms with Crippen LogP contribution in [0.4, 0.5) is 10.5 Å². The van der Waals surface area contributed by atoms with Gasteiger partial charge in [0.15, 0.2) is 0 Å². The van der Waals surface area contributed by atoms with Crippen LogP contribution in [-0.2, 0) is 11.3 Å². The van der Waals surface area contributed by atoms with Crippen LogP contribution in [-0.4, -0.2) is 79.3 Å². The molecule has 0 bridgehead atoms. The Morgan fingerprint density at radius 1 is 1.25 bits per heavy atom. The van der Waals surface area contributed by atoms with Gasteiger partial charge in [-0.3, -0.25) is 14.7 Å². The van der Waals surface area contributed by atoms with Gasteiger partial charge in [-0.25, -0.2) is 4.79 Å². The number of benzene rings is 1.